The molecule has 2 aliphatic rings. The molecule has 1 fully saturated rings. The number of carbonyl (C=O) groups excluding carboxylic acids is 1. The zero-order valence-electron chi connectivity index (χ0n) is 8.23. The maximum atomic E-state index is 11.0. The van der Waals surface area contributed by atoms with Crippen molar-refractivity contribution in [3.63, 3.8) is 0 Å². The van der Waals surface area contributed by atoms with Gasteiger partial charge in [0, 0.05) is 23.7 Å². The zero-order valence-corrected chi connectivity index (χ0v) is 8.23. The third-order valence-corrected chi connectivity index (χ3v) is 3.15. The van der Waals surface area contributed by atoms with Gasteiger partial charge in [-0.25, -0.2) is 0 Å². The third-order valence-electron chi connectivity index (χ3n) is 3.15. The van der Waals surface area contributed by atoms with Gasteiger partial charge in [-0.1, -0.05) is 12.8 Å². The van der Waals surface area contributed by atoms with Crippen LogP contribution in [0.15, 0.2) is 11.8 Å². The second-order valence-corrected chi connectivity index (χ2v) is 4.53. The Bertz CT molecular complexity index is 249. The predicted molar refractivity (Wildman–Crippen MR) is 52.3 cm³/mol. The molecule has 0 aromatic rings. The van der Waals surface area contributed by atoms with Crippen molar-refractivity contribution >= 4 is 5.78 Å². The van der Waals surface area contributed by atoms with Gasteiger partial charge in [0.15, 0.2) is 5.78 Å². The molecule has 0 radical (unpaired) electrons. The van der Waals surface area contributed by atoms with Crippen molar-refractivity contribution in [3.05, 3.63) is 11.8 Å². The maximum Gasteiger partial charge on any atom is 0.157 e. The molecule has 2 aliphatic carbocycles. The van der Waals surface area contributed by atoms with Crippen molar-refractivity contribution in [2.45, 2.75) is 51.0 Å². The third kappa shape index (κ3) is 1.93. The van der Waals surface area contributed by atoms with Gasteiger partial charge in [0.1, 0.15) is 0 Å². The molecule has 0 unspecified atom stereocenters. The van der Waals surface area contributed by atoms with Crippen molar-refractivity contribution in [1.82, 2.24) is 5.32 Å². The Morgan fingerprint density at radius 2 is 2.00 bits per heavy atom. The number of ketones is 1. The van der Waals surface area contributed by atoms with Gasteiger partial charge >= 0.3 is 0 Å². The van der Waals surface area contributed by atoms with E-state index in [9.17, 15) is 4.79 Å². The molecule has 2 nitrogen and oxygen atoms in total. The molecule has 0 saturated heterocycles. The van der Waals surface area contributed by atoms with Crippen LogP contribution in [0.2, 0.25) is 0 Å². The Hall–Kier alpha value is -0.790. The lowest BCUT2D eigenvalue weighted by Crippen LogP contribution is -2.38. The second-order valence-electron chi connectivity index (χ2n) is 4.53. The summed E-state index contributed by atoms with van der Waals surface area (Å²) < 4.78 is 0. The van der Waals surface area contributed by atoms with E-state index in [2.05, 4.69) is 12.2 Å². The van der Waals surface area contributed by atoms with Gasteiger partial charge in [-0.3, -0.25) is 4.79 Å². The largest absolute Gasteiger partial charge is 0.383 e. The van der Waals surface area contributed by atoms with Gasteiger partial charge in [0.05, 0.1) is 0 Å². The summed E-state index contributed by atoms with van der Waals surface area (Å²) in [4.78, 5) is 11.0. The molecule has 0 atom stereocenters. The molecule has 1 N–H and O–H groups in total. The first-order valence-electron chi connectivity index (χ1n) is 5.20. The highest BCUT2D eigenvalue weighted by molar-refractivity contribution is 5.92. The Morgan fingerprint density at radius 1 is 1.31 bits per heavy atom. The number of hydrogen-bond acceptors (Lipinski definition) is 2. The molecule has 1 saturated carbocycles. The molecule has 13 heavy (non-hydrogen) atoms. The van der Waals surface area contributed by atoms with E-state index in [-0.39, 0.29) is 11.3 Å². The van der Waals surface area contributed by atoms with Crippen molar-refractivity contribution in [2.24, 2.45) is 0 Å². The van der Waals surface area contributed by atoms with E-state index >= 15 is 0 Å². The second kappa shape index (κ2) is 3.17. The van der Waals surface area contributed by atoms with Crippen LogP contribution in [-0.4, -0.2) is 11.3 Å². The lowest BCUT2D eigenvalue weighted by molar-refractivity contribution is -0.114. The number of allylic oxidation sites excluding steroid dienone is 2. The highest BCUT2D eigenvalue weighted by Crippen LogP contribution is 2.31. The molecule has 2 heteroatoms. The lowest BCUT2D eigenvalue weighted by Gasteiger charge is -2.27. The summed E-state index contributed by atoms with van der Waals surface area (Å²) >= 11 is 0. The van der Waals surface area contributed by atoms with Crippen molar-refractivity contribution in [1.29, 1.82) is 0 Å². The summed E-state index contributed by atoms with van der Waals surface area (Å²) in [6.45, 7) is 2.27. The van der Waals surface area contributed by atoms with Crippen LogP contribution in [0.5, 0.6) is 0 Å². The van der Waals surface area contributed by atoms with Crippen LogP contribution in [0.3, 0.4) is 0 Å². The minimum atomic E-state index is 0.274. The minimum Gasteiger partial charge on any atom is -0.383 e. The van der Waals surface area contributed by atoms with Crippen LogP contribution >= 0.6 is 0 Å². The maximum absolute atomic E-state index is 11.0. The van der Waals surface area contributed by atoms with Gasteiger partial charge in [0.25, 0.3) is 0 Å². The highest BCUT2D eigenvalue weighted by atomic mass is 16.1. The first-order chi connectivity index (χ1) is 6.18. The summed E-state index contributed by atoms with van der Waals surface area (Å²) in [5.74, 6) is 0.282. The summed E-state index contributed by atoms with van der Waals surface area (Å²) in [6.07, 6.45) is 8.56. The van der Waals surface area contributed by atoms with Crippen LogP contribution in [-0.2, 0) is 4.79 Å². The molecule has 0 aliphatic heterocycles. The average Bonchev–Trinajstić information content (AvgIpc) is 2.62. The van der Waals surface area contributed by atoms with Crippen LogP contribution in [0.25, 0.3) is 0 Å². The Kier molecular flexibility index (Phi) is 2.14. The van der Waals surface area contributed by atoms with Crippen LogP contribution in [0, 0.1) is 0 Å². The fourth-order valence-electron chi connectivity index (χ4n) is 2.36. The molecule has 2 rings (SSSR count). The molecule has 0 heterocycles. The molecule has 0 aromatic carbocycles. The van der Waals surface area contributed by atoms with Crippen molar-refractivity contribution < 1.29 is 4.79 Å². The molecule has 72 valence electrons. The van der Waals surface area contributed by atoms with Gasteiger partial charge in [-0.2, -0.15) is 0 Å². The van der Waals surface area contributed by atoms with E-state index in [4.69, 9.17) is 0 Å². The fourth-order valence-corrected chi connectivity index (χ4v) is 2.36. The van der Waals surface area contributed by atoms with Crippen LogP contribution < -0.4 is 5.32 Å². The van der Waals surface area contributed by atoms with E-state index in [0.29, 0.717) is 6.42 Å². The van der Waals surface area contributed by atoms with E-state index in [1.54, 1.807) is 6.08 Å². The SMILES string of the molecule is CC1(NC2=CC(=O)CC2)CCCC1. The lowest BCUT2D eigenvalue weighted by atomic mass is 10.0. The molecular weight excluding hydrogens is 162 g/mol. The van der Waals surface area contributed by atoms with E-state index in [0.717, 1.165) is 12.1 Å². The number of nitrogens with one attached hydrogen (secondary N) is 1. The van der Waals surface area contributed by atoms with Gasteiger partial charge < -0.3 is 5.32 Å². The van der Waals surface area contributed by atoms with E-state index in [1.807, 2.05) is 0 Å². The monoisotopic (exact) mass is 179 g/mol. The van der Waals surface area contributed by atoms with Gasteiger partial charge in [-0.15, -0.1) is 0 Å². The normalized spacial score (nSPS) is 26.2. The summed E-state index contributed by atoms with van der Waals surface area (Å²) in [7, 11) is 0. The molecule has 0 bridgehead atoms. The Balaban J connectivity index is 1.97. The number of carbonyl (C=O) groups is 1. The Labute approximate surface area is 79.4 Å². The number of rotatable bonds is 2. The smallest absolute Gasteiger partial charge is 0.157 e. The van der Waals surface area contributed by atoms with Gasteiger partial charge in [-0.05, 0) is 26.2 Å². The van der Waals surface area contributed by atoms with E-state index < -0.39 is 0 Å². The summed E-state index contributed by atoms with van der Waals surface area (Å²) in [5, 5.41) is 3.52. The van der Waals surface area contributed by atoms with Gasteiger partial charge in [0.2, 0.25) is 0 Å². The van der Waals surface area contributed by atoms with E-state index in [1.165, 1.54) is 25.7 Å². The standard InChI is InChI=1S/C11H17NO/c1-11(6-2-3-7-11)12-9-4-5-10(13)8-9/h8,12H,2-7H2,1H3. The molecular formula is C11H17NO. The zero-order chi connectivity index (χ0) is 9.31. The van der Waals surface area contributed by atoms with Crippen LogP contribution in [0.1, 0.15) is 45.4 Å². The molecule has 0 amide bonds. The highest BCUT2D eigenvalue weighted by Gasteiger charge is 2.29. The average molecular weight is 179 g/mol. The fraction of sp³-hybridized carbons (Fsp3) is 0.727. The first kappa shape index (κ1) is 8.79. The minimum absolute atomic E-state index is 0.274. The predicted octanol–water partition coefficient (Wildman–Crippen LogP) is 2.16. The van der Waals surface area contributed by atoms with Crippen molar-refractivity contribution in [2.75, 3.05) is 0 Å². The number of hydrogen-bond donors (Lipinski definition) is 1. The topological polar surface area (TPSA) is 29.1 Å². The molecule has 0 aromatic heterocycles. The summed E-state index contributed by atoms with van der Waals surface area (Å²) in [6, 6.07) is 0. The molecule has 0 spiro atoms. The summed E-state index contributed by atoms with van der Waals surface area (Å²) in [5.41, 5.74) is 1.44. The van der Waals surface area contributed by atoms with Crippen LogP contribution in [0.4, 0.5) is 0 Å². The quantitative estimate of drug-likeness (QED) is 0.703. The Morgan fingerprint density at radius 3 is 2.54 bits per heavy atom. The first-order valence-corrected chi connectivity index (χ1v) is 5.20. The van der Waals surface area contributed by atoms with Crippen molar-refractivity contribution in [3.8, 4) is 0 Å².